The summed E-state index contributed by atoms with van der Waals surface area (Å²) in [5.41, 5.74) is 7.19. The van der Waals surface area contributed by atoms with Crippen LogP contribution in [0.1, 0.15) is 17.5 Å². The second-order valence-corrected chi connectivity index (χ2v) is 2.69. The van der Waals surface area contributed by atoms with Gasteiger partial charge in [-0.15, -0.1) is 0 Å². The van der Waals surface area contributed by atoms with Crippen LogP contribution in [0.4, 0.5) is 5.69 Å². The lowest BCUT2D eigenvalue weighted by atomic mass is 10.1. The van der Waals surface area contributed by atoms with Crippen LogP contribution in [0.2, 0.25) is 0 Å². The summed E-state index contributed by atoms with van der Waals surface area (Å²) in [7, 11) is 0. The number of hydrogen-bond donors (Lipinski definition) is 2. The van der Waals surface area contributed by atoms with E-state index in [1.165, 1.54) is 0 Å². The van der Waals surface area contributed by atoms with Crippen LogP contribution >= 0.6 is 0 Å². The Morgan fingerprint density at radius 1 is 1.36 bits per heavy atom. The molecule has 3 heteroatoms. The SMILES string of the molecule is N#Cc1cc(N)ccc1C#CCCO. The highest BCUT2D eigenvalue weighted by Gasteiger charge is 1.98. The van der Waals surface area contributed by atoms with Crippen LogP contribution in [0.5, 0.6) is 0 Å². The van der Waals surface area contributed by atoms with Gasteiger partial charge in [-0.1, -0.05) is 11.8 Å². The number of rotatable bonds is 1. The summed E-state index contributed by atoms with van der Waals surface area (Å²) >= 11 is 0. The van der Waals surface area contributed by atoms with Crippen LogP contribution in [-0.2, 0) is 0 Å². The van der Waals surface area contributed by atoms with E-state index in [4.69, 9.17) is 16.1 Å². The first-order valence-corrected chi connectivity index (χ1v) is 4.17. The molecule has 14 heavy (non-hydrogen) atoms. The van der Waals surface area contributed by atoms with Gasteiger partial charge in [-0.25, -0.2) is 0 Å². The number of aliphatic hydroxyl groups excluding tert-OH is 1. The Labute approximate surface area is 82.8 Å². The molecular weight excluding hydrogens is 176 g/mol. The van der Waals surface area contributed by atoms with E-state index in [2.05, 4.69) is 11.8 Å². The Morgan fingerprint density at radius 2 is 2.14 bits per heavy atom. The minimum absolute atomic E-state index is 0.0316. The van der Waals surface area contributed by atoms with Gasteiger partial charge in [-0.05, 0) is 18.2 Å². The van der Waals surface area contributed by atoms with Gasteiger partial charge in [0.15, 0.2) is 0 Å². The average Bonchev–Trinajstić information content (AvgIpc) is 2.20. The third-order valence-corrected chi connectivity index (χ3v) is 1.62. The van der Waals surface area contributed by atoms with Crippen LogP contribution in [0, 0.1) is 23.2 Å². The van der Waals surface area contributed by atoms with Gasteiger partial charge in [0.1, 0.15) is 6.07 Å². The molecule has 1 rings (SSSR count). The zero-order chi connectivity index (χ0) is 10.4. The van der Waals surface area contributed by atoms with Crippen LogP contribution in [0.15, 0.2) is 18.2 Å². The molecule has 0 aliphatic heterocycles. The van der Waals surface area contributed by atoms with E-state index in [9.17, 15) is 0 Å². The molecule has 1 aromatic rings. The van der Waals surface area contributed by atoms with E-state index in [1.54, 1.807) is 18.2 Å². The number of nitriles is 1. The lowest BCUT2D eigenvalue weighted by molar-refractivity contribution is 0.305. The van der Waals surface area contributed by atoms with Crippen molar-refractivity contribution in [2.75, 3.05) is 12.3 Å². The minimum atomic E-state index is 0.0316. The predicted molar refractivity (Wildman–Crippen MR) is 54.2 cm³/mol. The number of nitrogens with two attached hydrogens (primary N) is 1. The second kappa shape index (κ2) is 4.91. The van der Waals surface area contributed by atoms with Crippen molar-refractivity contribution >= 4 is 5.69 Å². The fourth-order valence-electron chi connectivity index (χ4n) is 0.977. The Bertz CT molecular complexity index is 421. The first-order chi connectivity index (χ1) is 6.77. The molecule has 0 atom stereocenters. The molecule has 0 aromatic heterocycles. The molecule has 3 nitrogen and oxygen atoms in total. The molecular formula is C11H10N2O. The summed E-state index contributed by atoms with van der Waals surface area (Å²) in [6.07, 6.45) is 0.412. The van der Waals surface area contributed by atoms with Gasteiger partial charge in [0, 0.05) is 17.7 Å². The summed E-state index contributed by atoms with van der Waals surface area (Å²) in [4.78, 5) is 0. The number of hydrogen-bond acceptors (Lipinski definition) is 3. The van der Waals surface area contributed by atoms with Crippen molar-refractivity contribution in [1.82, 2.24) is 0 Å². The van der Waals surface area contributed by atoms with Crippen molar-refractivity contribution in [3.05, 3.63) is 29.3 Å². The van der Waals surface area contributed by atoms with E-state index in [0.717, 1.165) is 0 Å². The molecule has 0 unspecified atom stereocenters. The second-order valence-electron chi connectivity index (χ2n) is 2.69. The largest absolute Gasteiger partial charge is 0.399 e. The van der Waals surface area contributed by atoms with Crippen LogP contribution < -0.4 is 5.73 Å². The Morgan fingerprint density at radius 3 is 2.79 bits per heavy atom. The maximum absolute atomic E-state index is 8.78. The quantitative estimate of drug-likeness (QED) is 0.505. The topological polar surface area (TPSA) is 70.0 Å². The first-order valence-electron chi connectivity index (χ1n) is 4.17. The lowest BCUT2D eigenvalue weighted by Gasteiger charge is -1.96. The molecule has 70 valence electrons. The van der Waals surface area contributed by atoms with E-state index < -0.39 is 0 Å². The fourth-order valence-corrected chi connectivity index (χ4v) is 0.977. The third kappa shape index (κ3) is 2.52. The number of nitrogens with zero attached hydrogens (tertiary/aromatic N) is 1. The summed E-state index contributed by atoms with van der Waals surface area (Å²) in [5.74, 6) is 5.56. The molecule has 0 heterocycles. The number of anilines is 1. The van der Waals surface area contributed by atoms with Gasteiger partial charge in [0.25, 0.3) is 0 Å². The van der Waals surface area contributed by atoms with E-state index >= 15 is 0 Å². The molecule has 0 fully saturated rings. The molecule has 0 spiro atoms. The molecule has 0 bridgehead atoms. The summed E-state index contributed by atoms with van der Waals surface area (Å²) < 4.78 is 0. The molecule has 0 radical (unpaired) electrons. The zero-order valence-corrected chi connectivity index (χ0v) is 7.62. The molecule has 0 aliphatic carbocycles. The molecule has 0 saturated heterocycles. The van der Waals surface area contributed by atoms with Crippen molar-refractivity contribution in [1.29, 1.82) is 5.26 Å². The first kappa shape index (κ1) is 10.1. The third-order valence-electron chi connectivity index (χ3n) is 1.62. The van der Waals surface area contributed by atoms with Crippen LogP contribution in [0.25, 0.3) is 0 Å². The number of benzene rings is 1. The van der Waals surface area contributed by atoms with Gasteiger partial charge in [0.2, 0.25) is 0 Å². The van der Waals surface area contributed by atoms with Crippen molar-refractivity contribution < 1.29 is 5.11 Å². The van der Waals surface area contributed by atoms with Crippen molar-refractivity contribution in [3.63, 3.8) is 0 Å². The van der Waals surface area contributed by atoms with Gasteiger partial charge in [0.05, 0.1) is 12.2 Å². The van der Waals surface area contributed by atoms with Gasteiger partial charge in [-0.3, -0.25) is 0 Å². The maximum Gasteiger partial charge on any atom is 0.101 e. The van der Waals surface area contributed by atoms with Crippen molar-refractivity contribution in [2.24, 2.45) is 0 Å². The predicted octanol–water partition coefficient (Wildman–Crippen LogP) is 0.874. The molecule has 3 N–H and O–H groups in total. The average molecular weight is 186 g/mol. The summed E-state index contributed by atoms with van der Waals surface area (Å²) in [6, 6.07) is 7.01. The van der Waals surface area contributed by atoms with E-state index in [1.807, 2.05) is 6.07 Å². The smallest absolute Gasteiger partial charge is 0.101 e. The van der Waals surface area contributed by atoms with Crippen molar-refractivity contribution in [3.8, 4) is 17.9 Å². The van der Waals surface area contributed by atoms with E-state index in [0.29, 0.717) is 23.2 Å². The lowest BCUT2D eigenvalue weighted by Crippen LogP contribution is -1.89. The highest BCUT2D eigenvalue weighted by molar-refractivity contribution is 5.55. The maximum atomic E-state index is 8.78. The summed E-state index contributed by atoms with van der Waals surface area (Å²) in [5, 5.41) is 17.3. The highest BCUT2D eigenvalue weighted by Crippen LogP contribution is 2.11. The molecule has 0 aliphatic rings. The zero-order valence-electron chi connectivity index (χ0n) is 7.62. The number of aliphatic hydroxyl groups is 1. The summed E-state index contributed by atoms with van der Waals surface area (Å²) in [6.45, 7) is 0.0316. The standard InChI is InChI=1S/C11H10N2O/c12-8-10-7-11(13)5-4-9(10)3-1-2-6-14/h4-5,7,14H,2,6,13H2. The van der Waals surface area contributed by atoms with Crippen LogP contribution in [0.3, 0.4) is 0 Å². The van der Waals surface area contributed by atoms with Gasteiger partial charge >= 0.3 is 0 Å². The Balaban J connectivity index is 3.00. The monoisotopic (exact) mass is 186 g/mol. The van der Waals surface area contributed by atoms with Gasteiger partial charge in [-0.2, -0.15) is 5.26 Å². The van der Waals surface area contributed by atoms with Gasteiger partial charge < -0.3 is 10.8 Å². The Hall–Kier alpha value is -1.97. The normalized spacial score (nSPS) is 8.57. The molecule has 0 saturated carbocycles. The highest BCUT2D eigenvalue weighted by atomic mass is 16.2. The fraction of sp³-hybridized carbons (Fsp3) is 0.182. The van der Waals surface area contributed by atoms with E-state index in [-0.39, 0.29) is 6.61 Å². The Kier molecular flexibility index (Phi) is 3.55. The molecule has 0 amide bonds. The van der Waals surface area contributed by atoms with Crippen LogP contribution in [-0.4, -0.2) is 11.7 Å². The number of nitrogen functional groups attached to an aromatic ring is 1. The van der Waals surface area contributed by atoms with Crippen molar-refractivity contribution in [2.45, 2.75) is 6.42 Å². The molecule has 1 aromatic carbocycles. The minimum Gasteiger partial charge on any atom is -0.399 e.